The lowest BCUT2D eigenvalue weighted by Gasteiger charge is -2.31. The lowest BCUT2D eigenvalue weighted by atomic mass is 9.91. The second-order valence-corrected chi connectivity index (χ2v) is 3.93. The number of nitrogens with two attached hydrogens (primary N) is 1. The van der Waals surface area contributed by atoms with Gasteiger partial charge in [-0.1, -0.05) is 32.3 Å². The molecule has 0 bridgehead atoms. The summed E-state index contributed by atoms with van der Waals surface area (Å²) in [6.45, 7) is 5.84. The van der Waals surface area contributed by atoms with E-state index < -0.39 is 5.54 Å². The minimum atomic E-state index is -0.709. The van der Waals surface area contributed by atoms with Gasteiger partial charge < -0.3 is 16.3 Å². The van der Waals surface area contributed by atoms with Crippen LogP contribution in [0.3, 0.4) is 0 Å². The Morgan fingerprint density at radius 3 is 2.31 bits per heavy atom. The van der Waals surface area contributed by atoms with Gasteiger partial charge in [-0.25, -0.2) is 0 Å². The van der Waals surface area contributed by atoms with Gasteiger partial charge in [0, 0.05) is 6.42 Å². The Hall–Kier alpha value is -1.26. The number of nitrogens with one attached hydrogen (secondary N) is 1. The number of hydrogen-bond acceptors (Lipinski definition) is 3. The molecule has 0 saturated carbocycles. The van der Waals surface area contributed by atoms with Crippen LogP contribution in [-0.2, 0) is 4.79 Å². The number of unbranched alkanes of at least 4 members (excludes halogenated alkanes) is 1. The average Bonchev–Trinajstić information content (AvgIpc) is 2.32. The zero-order valence-corrected chi connectivity index (χ0v) is 10.4. The van der Waals surface area contributed by atoms with Crippen LogP contribution >= 0.6 is 0 Å². The summed E-state index contributed by atoms with van der Waals surface area (Å²) in [5.74, 6) is 0.0273. The maximum atomic E-state index is 11.7. The molecule has 0 rings (SSSR count). The number of oxime groups is 1. The number of amidine groups is 1. The van der Waals surface area contributed by atoms with Crippen molar-refractivity contribution < 1.29 is 10.0 Å². The summed E-state index contributed by atoms with van der Waals surface area (Å²) in [4.78, 5) is 11.7. The highest BCUT2D eigenvalue weighted by Crippen LogP contribution is 2.16. The Bertz CT molecular complexity index is 248. The average molecular weight is 229 g/mol. The van der Waals surface area contributed by atoms with Crippen LogP contribution in [-0.4, -0.2) is 22.5 Å². The molecular weight excluding hydrogens is 206 g/mol. The largest absolute Gasteiger partial charge is 0.409 e. The minimum absolute atomic E-state index is 0.0443. The van der Waals surface area contributed by atoms with Crippen LogP contribution < -0.4 is 11.1 Å². The first-order valence-electron chi connectivity index (χ1n) is 5.85. The van der Waals surface area contributed by atoms with Crippen LogP contribution in [0.2, 0.25) is 0 Å². The number of carbonyl (C=O) groups excluding carboxylic acids is 1. The van der Waals surface area contributed by atoms with Gasteiger partial charge in [0.15, 0.2) is 5.84 Å². The summed E-state index contributed by atoms with van der Waals surface area (Å²) < 4.78 is 0. The first kappa shape index (κ1) is 14.7. The molecule has 0 aliphatic heterocycles. The first-order chi connectivity index (χ1) is 7.56. The van der Waals surface area contributed by atoms with Crippen molar-refractivity contribution in [3.8, 4) is 0 Å². The molecule has 0 fully saturated rings. The maximum Gasteiger partial charge on any atom is 0.220 e. The van der Waals surface area contributed by atoms with Gasteiger partial charge in [-0.15, -0.1) is 0 Å². The van der Waals surface area contributed by atoms with E-state index in [0.717, 1.165) is 12.8 Å². The van der Waals surface area contributed by atoms with Crippen molar-refractivity contribution in [2.45, 2.75) is 58.4 Å². The summed E-state index contributed by atoms with van der Waals surface area (Å²) in [5, 5.41) is 14.6. The molecule has 0 saturated heterocycles. The van der Waals surface area contributed by atoms with E-state index in [4.69, 9.17) is 10.9 Å². The Kier molecular flexibility index (Phi) is 6.53. The van der Waals surface area contributed by atoms with E-state index in [9.17, 15) is 4.79 Å². The van der Waals surface area contributed by atoms with Crippen LogP contribution in [0, 0.1) is 0 Å². The van der Waals surface area contributed by atoms with Crippen molar-refractivity contribution in [1.29, 1.82) is 0 Å². The van der Waals surface area contributed by atoms with Crippen LogP contribution in [0.25, 0.3) is 0 Å². The zero-order valence-electron chi connectivity index (χ0n) is 10.4. The monoisotopic (exact) mass is 229 g/mol. The van der Waals surface area contributed by atoms with E-state index in [1.54, 1.807) is 0 Å². The predicted octanol–water partition coefficient (Wildman–Crippen LogP) is 1.60. The molecule has 0 aliphatic rings. The van der Waals surface area contributed by atoms with Gasteiger partial charge in [-0.3, -0.25) is 4.79 Å². The van der Waals surface area contributed by atoms with E-state index in [1.807, 2.05) is 20.8 Å². The van der Waals surface area contributed by atoms with Crippen molar-refractivity contribution in [2.24, 2.45) is 10.9 Å². The Labute approximate surface area is 97.1 Å². The van der Waals surface area contributed by atoms with Crippen LogP contribution in [0.4, 0.5) is 0 Å². The molecule has 5 heteroatoms. The third kappa shape index (κ3) is 3.72. The number of hydrogen-bond donors (Lipinski definition) is 3. The van der Waals surface area contributed by atoms with Crippen molar-refractivity contribution in [3.05, 3.63) is 0 Å². The van der Waals surface area contributed by atoms with Gasteiger partial charge in [-0.05, 0) is 19.3 Å². The Morgan fingerprint density at radius 1 is 1.38 bits per heavy atom. The first-order valence-corrected chi connectivity index (χ1v) is 5.85. The Balaban J connectivity index is 4.61. The molecular formula is C11H23N3O2. The predicted molar refractivity (Wildman–Crippen MR) is 64.4 cm³/mol. The van der Waals surface area contributed by atoms with Gasteiger partial charge in [0.1, 0.15) is 5.54 Å². The molecule has 0 unspecified atom stereocenters. The van der Waals surface area contributed by atoms with Gasteiger partial charge in [0.25, 0.3) is 0 Å². The van der Waals surface area contributed by atoms with Crippen LogP contribution in [0.1, 0.15) is 52.9 Å². The second kappa shape index (κ2) is 7.09. The van der Waals surface area contributed by atoms with Crippen molar-refractivity contribution >= 4 is 11.7 Å². The molecule has 94 valence electrons. The number of nitrogens with zero attached hydrogens (tertiary/aromatic N) is 1. The third-order valence-electron chi connectivity index (χ3n) is 2.94. The SMILES string of the molecule is CCCCC(=O)NC(CC)(CC)C(N)=NO. The minimum Gasteiger partial charge on any atom is -0.409 e. The lowest BCUT2D eigenvalue weighted by molar-refractivity contribution is -0.122. The van der Waals surface area contributed by atoms with E-state index >= 15 is 0 Å². The van der Waals surface area contributed by atoms with Crippen LogP contribution in [0.15, 0.2) is 5.16 Å². The van der Waals surface area contributed by atoms with Crippen LogP contribution in [0.5, 0.6) is 0 Å². The summed E-state index contributed by atoms with van der Waals surface area (Å²) in [6, 6.07) is 0. The molecule has 0 aromatic carbocycles. The maximum absolute atomic E-state index is 11.7. The number of amides is 1. The van der Waals surface area contributed by atoms with Gasteiger partial charge in [-0.2, -0.15) is 0 Å². The lowest BCUT2D eigenvalue weighted by Crippen LogP contribution is -2.56. The highest BCUT2D eigenvalue weighted by Gasteiger charge is 2.32. The smallest absolute Gasteiger partial charge is 0.220 e. The molecule has 0 aromatic heterocycles. The summed E-state index contributed by atoms with van der Waals surface area (Å²) in [6.07, 6.45) is 3.53. The molecule has 0 spiro atoms. The van der Waals surface area contributed by atoms with Gasteiger partial charge in [0.2, 0.25) is 5.91 Å². The molecule has 0 aliphatic carbocycles. The fourth-order valence-electron chi connectivity index (χ4n) is 1.62. The number of carbonyl (C=O) groups is 1. The fourth-order valence-corrected chi connectivity index (χ4v) is 1.62. The van der Waals surface area contributed by atoms with Crippen molar-refractivity contribution in [3.63, 3.8) is 0 Å². The van der Waals surface area contributed by atoms with E-state index in [1.165, 1.54) is 0 Å². The molecule has 4 N–H and O–H groups in total. The van der Waals surface area contributed by atoms with E-state index in [-0.39, 0.29) is 11.7 Å². The standard InChI is InChI=1S/C11H23N3O2/c1-4-7-8-9(15)13-11(5-2,6-3)10(12)14-16/h16H,4-8H2,1-3H3,(H2,12,14)(H,13,15). The molecule has 5 nitrogen and oxygen atoms in total. The second-order valence-electron chi connectivity index (χ2n) is 3.93. The molecule has 1 amide bonds. The van der Waals surface area contributed by atoms with E-state index in [0.29, 0.717) is 19.3 Å². The highest BCUT2D eigenvalue weighted by molar-refractivity contribution is 5.93. The summed E-state index contributed by atoms with van der Waals surface area (Å²) in [7, 11) is 0. The van der Waals surface area contributed by atoms with E-state index in [2.05, 4.69) is 10.5 Å². The van der Waals surface area contributed by atoms with Crippen molar-refractivity contribution in [2.75, 3.05) is 0 Å². The van der Waals surface area contributed by atoms with Gasteiger partial charge >= 0.3 is 0 Å². The number of rotatable bonds is 7. The molecule has 0 heterocycles. The third-order valence-corrected chi connectivity index (χ3v) is 2.94. The molecule has 0 radical (unpaired) electrons. The molecule has 16 heavy (non-hydrogen) atoms. The quantitative estimate of drug-likeness (QED) is 0.268. The highest BCUT2D eigenvalue weighted by atomic mass is 16.4. The topological polar surface area (TPSA) is 87.7 Å². The summed E-state index contributed by atoms with van der Waals surface area (Å²) >= 11 is 0. The molecule has 0 atom stereocenters. The van der Waals surface area contributed by atoms with Gasteiger partial charge in [0.05, 0.1) is 0 Å². The zero-order chi connectivity index (χ0) is 12.6. The normalized spacial score (nSPS) is 12.6. The Morgan fingerprint density at radius 2 is 1.94 bits per heavy atom. The fraction of sp³-hybridized carbons (Fsp3) is 0.818. The summed E-state index contributed by atoms with van der Waals surface area (Å²) in [5.41, 5.74) is 4.93. The molecule has 0 aromatic rings. The van der Waals surface area contributed by atoms with Crippen molar-refractivity contribution in [1.82, 2.24) is 5.32 Å².